The van der Waals surface area contributed by atoms with Gasteiger partial charge in [0.05, 0.1) is 11.0 Å². The average Bonchev–Trinajstić information content (AvgIpc) is 3.11. The molecule has 2 heterocycles. The van der Waals surface area contributed by atoms with Crippen LogP contribution in [0.25, 0.3) is 22.4 Å². The quantitative estimate of drug-likeness (QED) is 0.497. The second-order valence-corrected chi connectivity index (χ2v) is 6.60. The Kier molecular flexibility index (Phi) is 4.32. The van der Waals surface area contributed by atoms with Gasteiger partial charge in [0.25, 0.3) is 5.91 Å². The molecule has 0 spiro atoms. The van der Waals surface area contributed by atoms with Crippen LogP contribution in [-0.2, 0) is 0 Å². The molecule has 26 heavy (non-hydrogen) atoms. The third-order valence-electron chi connectivity index (χ3n) is 4.86. The smallest absolute Gasteiger partial charge is 0.274 e. The lowest BCUT2D eigenvalue weighted by molar-refractivity contribution is 0.0706. The Morgan fingerprint density at radius 3 is 2.54 bits per heavy atom. The molecule has 134 valence electrons. The molecule has 0 unspecified atom stereocenters. The van der Waals surface area contributed by atoms with Crippen LogP contribution in [0.3, 0.4) is 0 Å². The molecular formula is C19H21N5O2. The van der Waals surface area contributed by atoms with Crippen molar-refractivity contribution in [2.75, 3.05) is 38.1 Å². The first-order valence-electron chi connectivity index (χ1n) is 8.62. The van der Waals surface area contributed by atoms with Crippen LogP contribution in [0.1, 0.15) is 10.4 Å². The third-order valence-corrected chi connectivity index (χ3v) is 4.86. The number of hydrogen-bond acceptors (Lipinski definition) is 5. The van der Waals surface area contributed by atoms with E-state index in [1.807, 2.05) is 18.2 Å². The molecule has 0 radical (unpaired) electrons. The molecule has 0 atom stereocenters. The maximum Gasteiger partial charge on any atom is 0.274 e. The normalized spacial score (nSPS) is 15.4. The zero-order valence-corrected chi connectivity index (χ0v) is 14.6. The van der Waals surface area contributed by atoms with Crippen molar-refractivity contribution in [2.45, 2.75) is 0 Å². The fourth-order valence-corrected chi connectivity index (χ4v) is 3.24. The lowest BCUT2D eigenvalue weighted by atomic mass is 10.1. The van der Waals surface area contributed by atoms with Crippen LogP contribution >= 0.6 is 0 Å². The van der Waals surface area contributed by atoms with Crippen molar-refractivity contribution < 1.29 is 10.0 Å². The summed E-state index contributed by atoms with van der Waals surface area (Å²) in [5.74, 6) is 0.226. The predicted octanol–water partition coefficient (Wildman–Crippen LogP) is 2.10. The van der Waals surface area contributed by atoms with Gasteiger partial charge in [-0.25, -0.2) is 10.5 Å². The van der Waals surface area contributed by atoms with E-state index in [0.29, 0.717) is 5.56 Å². The van der Waals surface area contributed by atoms with E-state index >= 15 is 0 Å². The van der Waals surface area contributed by atoms with Crippen molar-refractivity contribution in [3.8, 4) is 11.4 Å². The minimum Gasteiger partial charge on any atom is -0.369 e. The first-order valence-corrected chi connectivity index (χ1v) is 8.62. The van der Waals surface area contributed by atoms with Crippen molar-refractivity contribution in [3.63, 3.8) is 0 Å². The van der Waals surface area contributed by atoms with Gasteiger partial charge >= 0.3 is 0 Å². The Morgan fingerprint density at radius 1 is 1.12 bits per heavy atom. The highest BCUT2D eigenvalue weighted by Gasteiger charge is 2.15. The molecule has 1 fully saturated rings. The number of fused-ring (bicyclic) bond motifs is 1. The molecule has 3 aromatic rings. The molecule has 1 aliphatic heterocycles. The predicted molar refractivity (Wildman–Crippen MR) is 100 cm³/mol. The summed E-state index contributed by atoms with van der Waals surface area (Å²) in [6.45, 7) is 4.19. The number of carbonyl (C=O) groups is 1. The maximum absolute atomic E-state index is 11.4. The Hall–Kier alpha value is -2.90. The largest absolute Gasteiger partial charge is 0.369 e. The number of nitrogens with one attached hydrogen (secondary N) is 2. The van der Waals surface area contributed by atoms with Gasteiger partial charge in [-0.1, -0.05) is 12.1 Å². The number of hydroxylamine groups is 1. The van der Waals surface area contributed by atoms with Crippen molar-refractivity contribution in [1.29, 1.82) is 0 Å². The number of nitrogens with zero attached hydrogens (tertiary/aromatic N) is 3. The number of piperazine rings is 1. The van der Waals surface area contributed by atoms with Crippen LogP contribution in [-0.4, -0.2) is 59.2 Å². The van der Waals surface area contributed by atoms with Gasteiger partial charge in [0.1, 0.15) is 5.82 Å². The van der Waals surface area contributed by atoms with Gasteiger partial charge in [-0.3, -0.25) is 10.0 Å². The summed E-state index contributed by atoms with van der Waals surface area (Å²) in [5, 5.41) is 8.69. The Balaban J connectivity index is 1.60. The van der Waals surface area contributed by atoms with Crippen LogP contribution < -0.4 is 10.4 Å². The van der Waals surface area contributed by atoms with Crippen molar-refractivity contribution in [1.82, 2.24) is 20.3 Å². The number of aromatic amines is 1. The second kappa shape index (κ2) is 6.78. The number of aromatic nitrogens is 2. The molecule has 1 aromatic heterocycles. The molecule has 4 rings (SSSR count). The highest BCUT2D eigenvalue weighted by atomic mass is 16.5. The summed E-state index contributed by atoms with van der Waals surface area (Å²) in [6, 6.07) is 13.2. The Morgan fingerprint density at radius 2 is 1.85 bits per heavy atom. The lowest BCUT2D eigenvalue weighted by Gasteiger charge is -2.34. The molecule has 0 bridgehead atoms. The van der Waals surface area contributed by atoms with Crippen LogP contribution in [0.4, 0.5) is 5.69 Å². The molecule has 0 saturated carbocycles. The number of benzene rings is 2. The number of amides is 1. The topological polar surface area (TPSA) is 84.5 Å². The number of rotatable bonds is 3. The van der Waals surface area contributed by atoms with Crippen molar-refractivity contribution in [3.05, 3.63) is 48.0 Å². The van der Waals surface area contributed by atoms with Gasteiger partial charge in [0.15, 0.2) is 0 Å². The minimum absolute atomic E-state index is 0.393. The molecule has 0 aliphatic carbocycles. The molecule has 7 heteroatoms. The fraction of sp³-hybridized carbons (Fsp3) is 0.263. The highest BCUT2D eigenvalue weighted by molar-refractivity contribution is 5.93. The van der Waals surface area contributed by atoms with Crippen molar-refractivity contribution in [2.24, 2.45) is 0 Å². The minimum atomic E-state index is -0.530. The first-order chi connectivity index (χ1) is 12.6. The van der Waals surface area contributed by atoms with Gasteiger partial charge in [0.2, 0.25) is 0 Å². The van der Waals surface area contributed by atoms with E-state index in [1.165, 1.54) is 5.69 Å². The van der Waals surface area contributed by atoms with E-state index in [0.717, 1.165) is 48.6 Å². The van der Waals surface area contributed by atoms with Crippen LogP contribution in [0, 0.1) is 0 Å². The Bertz CT molecular complexity index is 927. The van der Waals surface area contributed by atoms with E-state index < -0.39 is 5.91 Å². The number of likely N-dealkylation sites (N-methyl/N-ethyl adjacent to an activating group) is 1. The standard InChI is InChI=1S/C19H21N5O2/c1-23-8-10-24(11-9-23)15-6-7-16-17(12-15)21-18(20-16)13-2-4-14(5-3-13)19(25)22-26/h2-7,12,26H,8-11H2,1H3,(H,20,21)(H,22,25). The number of H-pyrrole nitrogens is 1. The zero-order valence-electron chi connectivity index (χ0n) is 14.6. The molecule has 2 aromatic carbocycles. The summed E-state index contributed by atoms with van der Waals surface area (Å²) in [7, 11) is 2.15. The van der Waals surface area contributed by atoms with E-state index in [-0.39, 0.29) is 0 Å². The van der Waals surface area contributed by atoms with E-state index in [1.54, 1.807) is 17.6 Å². The van der Waals surface area contributed by atoms with E-state index in [2.05, 4.69) is 38.9 Å². The van der Waals surface area contributed by atoms with Gasteiger partial charge in [-0.2, -0.15) is 0 Å². The molecule has 7 nitrogen and oxygen atoms in total. The summed E-state index contributed by atoms with van der Waals surface area (Å²) < 4.78 is 0. The fourth-order valence-electron chi connectivity index (χ4n) is 3.24. The van der Waals surface area contributed by atoms with Gasteiger partial charge in [-0.05, 0) is 37.4 Å². The van der Waals surface area contributed by atoms with Crippen LogP contribution in [0.2, 0.25) is 0 Å². The number of anilines is 1. The SMILES string of the molecule is CN1CCN(c2ccc3nc(-c4ccc(C(=O)NO)cc4)[nH]c3c2)CC1. The first kappa shape index (κ1) is 16.6. The maximum atomic E-state index is 11.4. The number of imidazole rings is 1. The van der Waals surface area contributed by atoms with Crippen LogP contribution in [0.5, 0.6) is 0 Å². The number of carbonyl (C=O) groups excluding carboxylic acids is 1. The molecule has 1 saturated heterocycles. The summed E-state index contributed by atoms with van der Waals surface area (Å²) in [4.78, 5) is 24.2. The van der Waals surface area contributed by atoms with Gasteiger partial charge in [0, 0.05) is 43.0 Å². The number of hydrogen-bond donors (Lipinski definition) is 3. The van der Waals surface area contributed by atoms with Gasteiger partial charge < -0.3 is 14.8 Å². The zero-order chi connectivity index (χ0) is 18.1. The molecular weight excluding hydrogens is 330 g/mol. The molecule has 3 N–H and O–H groups in total. The van der Waals surface area contributed by atoms with Crippen LogP contribution in [0.15, 0.2) is 42.5 Å². The summed E-state index contributed by atoms with van der Waals surface area (Å²) in [5.41, 5.74) is 6.02. The average molecular weight is 351 g/mol. The summed E-state index contributed by atoms with van der Waals surface area (Å²) in [6.07, 6.45) is 0. The van der Waals surface area contributed by atoms with Gasteiger partial charge in [-0.15, -0.1) is 0 Å². The summed E-state index contributed by atoms with van der Waals surface area (Å²) >= 11 is 0. The monoisotopic (exact) mass is 351 g/mol. The highest BCUT2D eigenvalue weighted by Crippen LogP contribution is 2.25. The molecule has 1 amide bonds. The van der Waals surface area contributed by atoms with E-state index in [9.17, 15) is 4.79 Å². The van der Waals surface area contributed by atoms with E-state index in [4.69, 9.17) is 5.21 Å². The van der Waals surface area contributed by atoms with Crippen molar-refractivity contribution >= 4 is 22.6 Å². The third kappa shape index (κ3) is 3.14. The lowest BCUT2D eigenvalue weighted by Crippen LogP contribution is -2.44. The Labute approximate surface area is 151 Å². The second-order valence-electron chi connectivity index (χ2n) is 6.60. The molecule has 1 aliphatic rings.